The van der Waals surface area contributed by atoms with Crippen LogP contribution in [0, 0.1) is 12.8 Å². The van der Waals surface area contributed by atoms with Gasteiger partial charge in [0.15, 0.2) is 0 Å². The number of aliphatic carboxylic acids is 1. The molecule has 2 atom stereocenters. The molecule has 0 spiro atoms. The third-order valence-electron chi connectivity index (χ3n) is 4.72. The van der Waals surface area contributed by atoms with Gasteiger partial charge >= 0.3 is 5.97 Å². The predicted molar refractivity (Wildman–Crippen MR) is 94.2 cm³/mol. The van der Waals surface area contributed by atoms with E-state index in [1.807, 2.05) is 19.1 Å². The van der Waals surface area contributed by atoms with Gasteiger partial charge in [0.1, 0.15) is 6.04 Å². The molecule has 1 aromatic heterocycles. The summed E-state index contributed by atoms with van der Waals surface area (Å²) in [6.45, 7) is 4.27. The van der Waals surface area contributed by atoms with E-state index in [2.05, 4.69) is 5.10 Å². The van der Waals surface area contributed by atoms with Crippen LogP contribution >= 0.6 is 11.6 Å². The summed E-state index contributed by atoms with van der Waals surface area (Å²) in [6, 6.07) is 6.37. The van der Waals surface area contributed by atoms with Crippen LogP contribution < -0.4 is 0 Å². The lowest BCUT2D eigenvalue weighted by atomic mass is 9.92. The van der Waals surface area contributed by atoms with E-state index in [1.165, 1.54) is 11.1 Å². The summed E-state index contributed by atoms with van der Waals surface area (Å²) in [7, 11) is 0. The first kappa shape index (κ1) is 17.5. The van der Waals surface area contributed by atoms with Crippen molar-refractivity contribution in [1.29, 1.82) is 0 Å². The Morgan fingerprint density at radius 2 is 1.96 bits per heavy atom. The van der Waals surface area contributed by atoms with Crippen molar-refractivity contribution in [3.05, 3.63) is 46.7 Å². The minimum atomic E-state index is -0.956. The fraction of sp³-hybridized carbons (Fsp3) is 0.389. The first-order valence-corrected chi connectivity index (χ1v) is 8.60. The summed E-state index contributed by atoms with van der Waals surface area (Å²) in [5, 5.41) is 14.4. The van der Waals surface area contributed by atoms with E-state index in [4.69, 9.17) is 11.6 Å². The number of nitrogens with zero attached hydrogens (tertiary/aromatic N) is 3. The number of likely N-dealkylation sites (tertiary alicyclic amines) is 1. The molecule has 2 heterocycles. The average Bonchev–Trinajstić information content (AvgIpc) is 2.96. The van der Waals surface area contributed by atoms with E-state index in [-0.39, 0.29) is 5.91 Å². The second kappa shape index (κ2) is 6.88. The molecule has 1 aromatic carbocycles. The molecule has 25 heavy (non-hydrogen) atoms. The van der Waals surface area contributed by atoms with E-state index < -0.39 is 12.0 Å². The molecule has 3 rings (SSSR count). The topological polar surface area (TPSA) is 75.4 Å². The van der Waals surface area contributed by atoms with Crippen LogP contribution in [0.4, 0.5) is 0 Å². The Kier molecular flexibility index (Phi) is 4.81. The standard InChI is InChI=1S/C18H20ClN3O3/c1-11-7-8-21(16(9-11)18(24)25)17(23)15-10-20-22(12(15)2)14-5-3-13(19)4-6-14/h3-6,10-11,16H,7-9H2,1-2H3,(H,24,25). The number of carbonyl (C=O) groups is 2. The molecule has 2 unspecified atom stereocenters. The molecule has 6 nitrogen and oxygen atoms in total. The number of aromatic nitrogens is 2. The Bertz CT molecular complexity index is 800. The molecular weight excluding hydrogens is 342 g/mol. The van der Waals surface area contributed by atoms with Gasteiger partial charge in [-0.3, -0.25) is 4.79 Å². The van der Waals surface area contributed by atoms with Gasteiger partial charge in [0.05, 0.1) is 23.1 Å². The summed E-state index contributed by atoms with van der Waals surface area (Å²) in [4.78, 5) is 25.9. The molecule has 1 amide bonds. The summed E-state index contributed by atoms with van der Waals surface area (Å²) in [5.41, 5.74) is 1.90. The van der Waals surface area contributed by atoms with Gasteiger partial charge in [-0.2, -0.15) is 5.10 Å². The molecule has 0 aliphatic carbocycles. The number of piperidine rings is 1. The Hall–Kier alpha value is -2.34. The highest BCUT2D eigenvalue weighted by Crippen LogP contribution is 2.26. The molecule has 0 bridgehead atoms. The smallest absolute Gasteiger partial charge is 0.326 e. The summed E-state index contributed by atoms with van der Waals surface area (Å²) in [5.74, 6) is -0.942. The number of rotatable bonds is 3. The minimum absolute atomic E-state index is 0.281. The maximum Gasteiger partial charge on any atom is 0.326 e. The Morgan fingerprint density at radius 3 is 2.60 bits per heavy atom. The zero-order chi connectivity index (χ0) is 18.1. The van der Waals surface area contributed by atoms with Gasteiger partial charge in [-0.1, -0.05) is 18.5 Å². The first-order chi connectivity index (χ1) is 11.9. The van der Waals surface area contributed by atoms with Gasteiger partial charge in [0, 0.05) is 11.6 Å². The van der Waals surface area contributed by atoms with Crippen LogP contribution in [0.15, 0.2) is 30.5 Å². The lowest BCUT2D eigenvalue weighted by molar-refractivity contribution is -0.144. The normalized spacial score (nSPS) is 20.5. The second-order valence-electron chi connectivity index (χ2n) is 6.51. The highest BCUT2D eigenvalue weighted by atomic mass is 35.5. The number of hydrogen-bond acceptors (Lipinski definition) is 3. The molecule has 0 saturated carbocycles. The van der Waals surface area contributed by atoms with Gasteiger partial charge in [0.2, 0.25) is 0 Å². The van der Waals surface area contributed by atoms with Crippen molar-refractivity contribution in [3.8, 4) is 5.69 Å². The highest BCUT2D eigenvalue weighted by Gasteiger charge is 2.36. The second-order valence-corrected chi connectivity index (χ2v) is 6.95. The number of carboxylic acids is 1. The summed E-state index contributed by atoms with van der Waals surface area (Å²) < 4.78 is 1.66. The molecule has 1 aliphatic rings. The first-order valence-electron chi connectivity index (χ1n) is 8.23. The largest absolute Gasteiger partial charge is 0.480 e. The number of halogens is 1. The number of amides is 1. The van der Waals surface area contributed by atoms with Crippen LogP contribution in [0.25, 0.3) is 5.69 Å². The minimum Gasteiger partial charge on any atom is -0.480 e. The van der Waals surface area contributed by atoms with E-state index in [9.17, 15) is 14.7 Å². The van der Waals surface area contributed by atoms with Crippen LogP contribution in [-0.2, 0) is 4.79 Å². The van der Waals surface area contributed by atoms with Crippen molar-refractivity contribution < 1.29 is 14.7 Å². The lowest BCUT2D eigenvalue weighted by Crippen LogP contribution is -2.49. The van der Waals surface area contributed by atoms with E-state index in [1.54, 1.807) is 23.7 Å². The quantitative estimate of drug-likeness (QED) is 0.911. The maximum atomic E-state index is 12.9. The van der Waals surface area contributed by atoms with E-state index >= 15 is 0 Å². The van der Waals surface area contributed by atoms with Crippen molar-refractivity contribution in [1.82, 2.24) is 14.7 Å². The zero-order valence-corrected chi connectivity index (χ0v) is 14.9. The molecule has 132 valence electrons. The van der Waals surface area contributed by atoms with Crippen molar-refractivity contribution in [3.63, 3.8) is 0 Å². The van der Waals surface area contributed by atoms with Gasteiger partial charge in [0.25, 0.3) is 5.91 Å². The summed E-state index contributed by atoms with van der Waals surface area (Å²) in [6.07, 6.45) is 2.79. The van der Waals surface area contributed by atoms with Gasteiger partial charge in [-0.15, -0.1) is 0 Å². The van der Waals surface area contributed by atoms with E-state index in [0.29, 0.717) is 35.2 Å². The molecule has 7 heteroatoms. The molecule has 1 saturated heterocycles. The monoisotopic (exact) mass is 361 g/mol. The molecule has 1 N–H and O–H groups in total. The van der Waals surface area contributed by atoms with Crippen LogP contribution in [0.3, 0.4) is 0 Å². The third-order valence-corrected chi connectivity index (χ3v) is 4.97. The van der Waals surface area contributed by atoms with Crippen LogP contribution in [0.1, 0.15) is 35.8 Å². The van der Waals surface area contributed by atoms with Gasteiger partial charge in [-0.05, 0) is 49.9 Å². The fourth-order valence-corrected chi connectivity index (χ4v) is 3.36. The number of hydrogen-bond donors (Lipinski definition) is 1. The van der Waals surface area contributed by atoms with Crippen molar-refractivity contribution >= 4 is 23.5 Å². The SMILES string of the molecule is Cc1c(C(=O)N2CCC(C)CC2C(=O)O)cnn1-c1ccc(Cl)cc1. The van der Waals surface area contributed by atoms with Crippen molar-refractivity contribution in [2.75, 3.05) is 6.54 Å². The Balaban J connectivity index is 1.90. The molecule has 2 aromatic rings. The molecule has 0 radical (unpaired) electrons. The molecule has 1 fully saturated rings. The molecule has 1 aliphatic heterocycles. The van der Waals surface area contributed by atoms with Crippen LogP contribution in [0.5, 0.6) is 0 Å². The van der Waals surface area contributed by atoms with Crippen molar-refractivity contribution in [2.24, 2.45) is 5.92 Å². The van der Waals surface area contributed by atoms with Gasteiger partial charge in [-0.25, -0.2) is 9.48 Å². The number of carboxylic acid groups (broad SMARTS) is 1. The van der Waals surface area contributed by atoms with E-state index in [0.717, 1.165) is 12.1 Å². The Morgan fingerprint density at radius 1 is 1.28 bits per heavy atom. The van der Waals surface area contributed by atoms with Crippen LogP contribution in [-0.4, -0.2) is 44.3 Å². The summed E-state index contributed by atoms with van der Waals surface area (Å²) >= 11 is 5.91. The molecular formula is C18H20ClN3O3. The fourth-order valence-electron chi connectivity index (χ4n) is 3.24. The van der Waals surface area contributed by atoms with Crippen LogP contribution in [0.2, 0.25) is 5.02 Å². The maximum absolute atomic E-state index is 12.9. The predicted octanol–water partition coefficient (Wildman–Crippen LogP) is 3.16. The van der Waals surface area contributed by atoms with Crippen molar-refractivity contribution in [2.45, 2.75) is 32.7 Å². The lowest BCUT2D eigenvalue weighted by Gasteiger charge is -2.35. The van der Waals surface area contributed by atoms with Gasteiger partial charge < -0.3 is 10.0 Å². The number of carbonyl (C=O) groups excluding carboxylic acids is 1. The Labute approximate surface area is 151 Å². The number of benzene rings is 1. The average molecular weight is 362 g/mol. The zero-order valence-electron chi connectivity index (χ0n) is 14.1. The highest BCUT2D eigenvalue weighted by molar-refractivity contribution is 6.30. The third kappa shape index (κ3) is 3.39.